The van der Waals surface area contributed by atoms with Gasteiger partial charge in [-0.25, -0.2) is 0 Å². The Bertz CT molecular complexity index is 1440. The SMILES string of the molecule is CC/C=C\C/C=C\C/C=C\C/C=C\C/C=C\CCCCCCCCCCCCCC(=O)OCC(COC(=O)CCCCCCCCCCCCCCCCCCCC)OC(=O)CCCCCCCCCCCCCCCCCCCC. The molecule has 1 atom stereocenters. The fraction of sp³-hybridized carbons (Fsp3) is 0.827. The highest BCUT2D eigenvalue weighted by Crippen LogP contribution is 2.18. The Hall–Kier alpha value is -2.89. The van der Waals surface area contributed by atoms with Gasteiger partial charge < -0.3 is 14.2 Å². The van der Waals surface area contributed by atoms with Crippen molar-refractivity contribution in [2.45, 2.75) is 386 Å². The molecule has 1 unspecified atom stereocenters. The van der Waals surface area contributed by atoms with Gasteiger partial charge in [0.05, 0.1) is 0 Å². The molecule has 0 saturated heterocycles. The average Bonchev–Trinajstić information content (AvgIpc) is 3.47. The van der Waals surface area contributed by atoms with Crippen molar-refractivity contribution in [3.8, 4) is 0 Å². The average molecular weight is 1130 g/mol. The Balaban J connectivity index is 4.29. The number of ether oxygens (including phenoxy) is 3. The molecule has 0 rings (SSSR count). The summed E-state index contributed by atoms with van der Waals surface area (Å²) in [6.45, 7) is 6.60. The summed E-state index contributed by atoms with van der Waals surface area (Å²) < 4.78 is 17.0. The van der Waals surface area contributed by atoms with E-state index in [9.17, 15) is 14.4 Å². The van der Waals surface area contributed by atoms with Crippen LogP contribution < -0.4 is 0 Å². The molecule has 6 nitrogen and oxygen atoms in total. The summed E-state index contributed by atoms with van der Waals surface area (Å²) in [7, 11) is 0. The van der Waals surface area contributed by atoms with E-state index in [4.69, 9.17) is 14.2 Å². The zero-order valence-electron chi connectivity index (χ0n) is 54.3. The van der Waals surface area contributed by atoms with Gasteiger partial charge >= 0.3 is 17.9 Å². The molecule has 81 heavy (non-hydrogen) atoms. The minimum Gasteiger partial charge on any atom is -0.462 e. The van der Waals surface area contributed by atoms with Gasteiger partial charge in [0.15, 0.2) is 6.10 Å². The third-order valence-corrected chi connectivity index (χ3v) is 16.0. The Labute approximate surface area is 504 Å². The maximum atomic E-state index is 13.0. The summed E-state index contributed by atoms with van der Waals surface area (Å²) in [6, 6.07) is 0. The number of esters is 3. The number of hydrogen-bond acceptors (Lipinski definition) is 6. The second-order valence-electron chi connectivity index (χ2n) is 24.1. The first-order valence-electron chi connectivity index (χ1n) is 35.8. The summed E-state index contributed by atoms with van der Waals surface area (Å²) in [5.41, 5.74) is 0. The molecular weight excluding hydrogens is 997 g/mol. The minimum absolute atomic E-state index is 0.0683. The number of carbonyl (C=O) groups excluding carboxylic acids is 3. The fourth-order valence-corrected chi connectivity index (χ4v) is 10.7. The molecule has 0 heterocycles. The Kier molecular flexibility index (Phi) is 67.1. The van der Waals surface area contributed by atoms with E-state index in [0.29, 0.717) is 19.3 Å². The Morgan fingerprint density at radius 1 is 0.259 bits per heavy atom. The predicted molar refractivity (Wildman–Crippen MR) is 353 cm³/mol. The van der Waals surface area contributed by atoms with E-state index < -0.39 is 6.10 Å². The Morgan fingerprint density at radius 2 is 0.481 bits per heavy atom. The van der Waals surface area contributed by atoms with Crippen molar-refractivity contribution in [2.24, 2.45) is 0 Å². The highest BCUT2D eigenvalue weighted by atomic mass is 16.6. The standard InChI is InChI=1S/C75H136O6/c1-4-7-10-13-16-19-22-25-28-31-34-35-36-37-38-39-40-41-42-45-47-50-53-56-59-62-65-68-74(77)80-71-72(81-75(78)69-66-63-60-57-54-51-48-44-33-30-27-24-21-18-15-12-9-6-3)70-79-73(76)67-64-61-58-55-52-49-46-43-32-29-26-23-20-17-14-11-8-5-2/h7,10,16,19,25,28,34-35,37-38,72H,4-6,8-9,11-15,17-18,20-24,26-27,29-33,36,39-71H2,1-3H3/b10-7-,19-16-,28-25-,35-34-,38-37-. The van der Waals surface area contributed by atoms with E-state index in [1.165, 1.54) is 250 Å². The van der Waals surface area contributed by atoms with E-state index in [0.717, 1.165) is 89.9 Å². The van der Waals surface area contributed by atoms with Gasteiger partial charge in [0.2, 0.25) is 0 Å². The van der Waals surface area contributed by atoms with Crippen LogP contribution in [0.1, 0.15) is 380 Å². The van der Waals surface area contributed by atoms with Crippen LogP contribution in [0.2, 0.25) is 0 Å². The van der Waals surface area contributed by atoms with Crippen LogP contribution in [0, 0.1) is 0 Å². The molecule has 0 amide bonds. The molecule has 0 saturated carbocycles. The van der Waals surface area contributed by atoms with Gasteiger partial charge in [-0.1, -0.05) is 358 Å². The van der Waals surface area contributed by atoms with Crippen molar-refractivity contribution in [3.05, 3.63) is 60.8 Å². The molecular formula is C75H136O6. The van der Waals surface area contributed by atoms with Crippen LogP contribution >= 0.6 is 0 Å². The van der Waals surface area contributed by atoms with Crippen molar-refractivity contribution in [3.63, 3.8) is 0 Å². The van der Waals surface area contributed by atoms with E-state index in [-0.39, 0.29) is 31.1 Å². The summed E-state index contributed by atoms with van der Waals surface area (Å²) >= 11 is 0. The smallest absolute Gasteiger partial charge is 0.306 e. The number of unbranched alkanes of at least 4 members (excludes halogenated alkanes) is 45. The molecule has 0 spiro atoms. The molecule has 0 aromatic rings. The predicted octanol–water partition coefficient (Wildman–Crippen LogP) is 24.7. The molecule has 0 bridgehead atoms. The fourth-order valence-electron chi connectivity index (χ4n) is 10.7. The normalized spacial score (nSPS) is 12.4. The summed E-state index contributed by atoms with van der Waals surface area (Å²) in [4.78, 5) is 38.5. The maximum absolute atomic E-state index is 13.0. The van der Waals surface area contributed by atoms with Gasteiger partial charge in [-0.15, -0.1) is 0 Å². The number of carbonyl (C=O) groups is 3. The molecule has 0 aromatic heterocycles. The van der Waals surface area contributed by atoms with E-state index >= 15 is 0 Å². The number of hydrogen-bond donors (Lipinski definition) is 0. The van der Waals surface area contributed by atoms with Crippen molar-refractivity contribution in [1.29, 1.82) is 0 Å². The van der Waals surface area contributed by atoms with Gasteiger partial charge in [0, 0.05) is 19.3 Å². The van der Waals surface area contributed by atoms with Gasteiger partial charge in [0.25, 0.3) is 0 Å². The van der Waals surface area contributed by atoms with Crippen LogP contribution in [0.3, 0.4) is 0 Å². The van der Waals surface area contributed by atoms with Crippen molar-refractivity contribution < 1.29 is 28.6 Å². The van der Waals surface area contributed by atoms with Crippen molar-refractivity contribution in [2.75, 3.05) is 13.2 Å². The van der Waals surface area contributed by atoms with E-state index in [1.807, 2.05) is 0 Å². The highest BCUT2D eigenvalue weighted by Gasteiger charge is 2.19. The molecule has 0 fully saturated rings. The zero-order valence-corrected chi connectivity index (χ0v) is 54.3. The molecule has 6 heteroatoms. The molecule has 0 radical (unpaired) electrons. The van der Waals surface area contributed by atoms with Crippen LogP contribution in [0.15, 0.2) is 60.8 Å². The number of allylic oxidation sites excluding steroid dienone is 10. The Morgan fingerprint density at radius 3 is 0.753 bits per heavy atom. The van der Waals surface area contributed by atoms with Gasteiger partial charge in [-0.05, 0) is 64.2 Å². The van der Waals surface area contributed by atoms with E-state index in [1.54, 1.807) is 0 Å². The van der Waals surface area contributed by atoms with Crippen molar-refractivity contribution in [1.82, 2.24) is 0 Å². The summed E-state index contributed by atoms with van der Waals surface area (Å²) in [5, 5.41) is 0. The summed E-state index contributed by atoms with van der Waals surface area (Å²) in [5.74, 6) is -0.842. The molecule has 0 aliphatic rings. The van der Waals surface area contributed by atoms with Crippen LogP contribution in [0.25, 0.3) is 0 Å². The van der Waals surface area contributed by atoms with Crippen LogP contribution in [0.4, 0.5) is 0 Å². The zero-order chi connectivity index (χ0) is 58.5. The van der Waals surface area contributed by atoms with Gasteiger partial charge in [-0.2, -0.15) is 0 Å². The first-order chi connectivity index (χ1) is 40.0. The minimum atomic E-state index is -0.773. The van der Waals surface area contributed by atoms with Crippen LogP contribution in [-0.4, -0.2) is 37.2 Å². The number of rotatable bonds is 66. The molecule has 472 valence electrons. The first kappa shape index (κ1) is 78.1. The molecule has 0 aliphatic carbocycles. The second kappa shape index (κ2) is 69.6. The highest BCUT2D eigenvalue weighted by molar-refractivity contribution is 5.71. The lowest BCUT2D eigenvalue weighted by atomic mass is 10.0. The van der Waals surface area contributed by atoms with E-state index in [2.05, 4.69) is 81.5 Å². The topological polar surface area (TPSA) is 78.9 Å². The summed E-state index contributed by atoms with van der Waals surface area (Å²) in [6.07, 6.45) is 89.6. The first-order valence-corrected chi connectivity index (χ1v) is 35.8. The van der Waals surface area contributed by atoms with Crippen LogP contribution in [0.5, 0.6) is 0 Å². The van der Waals surface area contributed by atoms with Gasteiger partial charge in [0.1, 0.15) is 13.2 Å². The lowest BCUT2D eigenvalue weighted by Crippen LogP contribution is -2.30. The quantitative estimate of drug-likeness (QED) is 0.0261. The van der Waals surface area contributed by atoms with Gasteiger partial charge in [-0.3, -0.25) is 14.4 Å². The largest absolute Gasteiger partial charge is 0.462 e. The third kappa shape index (κ3) is 67.8. The lowest BCUT2D eigenvalue weighted by Gasteiger charge is -2.18. The van der Waals surface area contributed by atoms with Crippen LogP contribution in [-0.2, 0) is 28.6 Å². The lowest BCUT2D eigenvalue weighted by molar-refractivity contribution is -0.167. The molecule has 0 N–H and O–H groups in total. The second-order valence-corrected chi connectivity index (χ2v) is 24.1. The maximum Gasteiger partial charge on any atom is 0.306 e. The third-order valence-electron chi connectivity index (χ3n) is 16.0. The van der Waals surface area contributed by atoms with Crippen molar-refractivity contribution >= 4 is 17.9 Å². The molecule has 0 aliphatic heterocycles. The molecule has 0 aromatic carbocycles. The monoisotopic (exact) mass is 1130 g/mol.